The summed E-state index contributed by atoms with van der Waals surface area (Å²) >= 11 is 3.36. The number of benzene rings is 1. The van der Waals surface area contributed by atoms with E-state index in [1.807, 2.05) is 32.9 Å². The van der Waals surface area contributed by atoms with Crippen LogP contribution in [-0.4, -0.2) is 21.1 Å². The maximum absolute atomic E-state index is 12.3. The quantitative estimate of drug-likeness (QED) is 0.901. The van der Waals surface area contributed by atoms with Crippen molar-refractivity contribution in [3.63, 3.8) is 0 Å². The van der Waals surface area contributed by atoms with Gasteiger partial charge in [0.2, 0.25) is 0 Å². The van der Waals surface area contributed by atoms with Gasteiger partial charge in [-0.2, -0.15) is 5.10 Å². The molecule has 1 heterocycles. The molecule has 0 aliphatic heterocycles. The molecule has 1 unspecified atom stereocenters. The van der Waals surface area contributed by atoms with Gasteiger partial charge in [-0.05, 0) is 31.0 Å². The lowest BCUT2D eigenvalue weighted by Crippen LogP contribution is -2.32. The molecule has 0 saturated carbocycles. The van der Waals surface area contributed by atoms with Crippen molar-refractivity contribution in [2.24, 2.45) is 5.92 Å². The topological polar surface area (TPSA) is 70.7 Å². The van der Waals surface area contributed by atoms with Crippen molar-refractivity contribution < 1.29 is 4.79 Å². The van der Waals surface area contributed by atoms with Gasteiger partial charge in [-0.25, -0.2) is 4.98 Å². The highest BCUT2D eigenvalue weighted by Gasteiger charge is 2.22. The number of H-pyrrole nitrogens is 1. The Morgan fingerprint density at radius 2 is 2.15 bits per heavy atom. The third-order valence-electron chi connectivity index (χ3n) is 2.93. The first-order chi connectivity index (χ1) is 9.47. The highest BCUT2D eigenvalue weighted by molar-refractivity contribution is 9.10. The third-order valence-corrected chi connectivity index (χ3v) is 3.43. The van der Waals surface area contributed by atoms with Gasteiger partial charge in [0.15, 0.2) is 5.82 Å². The molecule has 2 N–H and O–H groups in total. The Bertz CT molecular complexity index is 609. The molecule has 5 nitrogen and oxygen atoms in total. The lowest BCUT2D eigenvalue weighted by molar-refractivity contribution is 0.0923. The van der Waals surface area contributed by atoms with Crippen LogP contribution in [0, 0.1) is 12.8 Å². The van der Waals surface area contributed by atoms with E-state index >= 15 is 0 Å². The zero-order chi connectivity index (χ0) is 14.7. The number of carbonyl (C=O) groups is 1. The fourth-order valence-electron chi connectivity index (χ4n) is 1.88. The lowest BCUT2D eigenvalue weighted by atomic mass is 10.0. The summed E-state index contributed by atoms with van der Waals surface area (Å²) in [4.78, 5) is 16.6. The molecule has 20 heavy (non-hydrogen) atoms. The van der Waals surface area contributed by atoms with Crippen LogP contribution in [0.1, 0.15) is 41.9 Å². The highest BCUT2D eigenvalue weighted by atomic mass is 79.9. The largest absolute Gasteiger partial charge is 0.342 e. The molecule has 0 radical (unpaired) electrons. The number of hydrogen-bond acceptors (Lipinski definition) is 3. The molecular formula is C14H17BrN4O. The van der Waals surface area contributed by atoms with Crippen molar-refractivity contribution in [2.75, 3.05) is 0 Å². The second-order valence-corrected chi connectivity index (χ2v) is 5.90. The SMILES string of the molecule is Cc1nc(C(NC(=O)c2cccc(Br)c2)C(C)C)n[nH]1. The predicted octanol–water partition coefficient (Wildman–Crippen LogP) is 3.00. The van der Waals surface area contributed by atoms with E-state index in [2.05, 4.69) is 36.4 Å². The third kappa shape index (κ3) is 3.45. The zero-order valence-electron chi connectivity index (χ0n) is 11.6. The van der Waals surface area contributed by atoms with Crippen LogP contribution in [-0.2, 0) is 0 Å². The molecule has 0 aliphatic rings. The van der Waals surface area contributed by atoms with Crippen molar-refractivity contribution in [3.05, 3.63) is 46.0 Å². The van der Waals surface area contributed by atoms with Crippen molar-refractivity contribution in [3.8, 4) is 0 Å². The first-order valence-corrected chi connectivity index (χ1v) is 7.22. The standard InChI is InChI=1S/C14H17BrN4O/c1-8(2)12(13-16-9(3)18-19-13)17-14(20)10-5-4-6-11(15)7-10/h4-8,12H,1-3H3,(H,17,20)(H,16,18,19). The molecule has 2 rings (SSSR count). The van der Waals surface area contributed by atoms with Gasteiger partial charge in [-0.1, -0.05) is 35.8 Å². The molecule has 6 heteroatoms. The average molecular weight is 337 g/mol. The molecule has 0 aliphatic carbocycles. The van der Waals surface area contributed by atoms with Crippen LogP contribution in [0.2, 0.25) is 0 Å². The Morgan fingerprint density at radius 3 is 2.70 bits per heavy atom. The molecule has 0 spiro atoms. The van der Waals surface area contributed by atoms with Crippen LogP contribution in [0.15, 0.2) is 28.7 Å². The summed E-state index contributed by atoms with van der Waals surface area (Å²) in [5.41, 5.74) is 0.609. The molecule has 0 bridgehead atoms. The molecule has 106 valence electrons. The van der Waals surface area contributed by atoms with E-state index in [0.29, 0.717) is 11.4 Å². The van der Waals surface area contributed by atoms with E-state index in [1.54, 1.807) is 12.1 Å². The number of carbonyl (C=O) groups excluding carboxylic acids is 1. The molecule has 2 aromatic rings. The minimum Gasteiger partial charge on any atom is -0.342 e. The second-order valence-electron chi connectivity index (χ2n) is 4.98. The molecule has 1 aromatic carbocycles. The number of aryl methyl sites for hydroxylation is 1. The molecular weight excluding hydrogens is 320 g/mol. The Labute approximate surface area is 126 Å². The van der Waals surface area contributed by atoms with Crippen LogP contribution in [0.3, 0.4) is 0 Å². The van der Waals surface area contributed by atoms with E-state index in [1.165, 1.54) is 0 Å². The van der Waals surface area contributed by atoms with E-state index in [9.17, 15) is 4.79 Å². The summed E-state index contributed by atoms with van der Waals surface area (Å²) in [7, 11) is 0. The van der Waals surface area contributed by atoms with Gasteiger partial charge in [0.25, 0.3) is 5.91 Å². The van der Waals surface area contributed by atoms with E-state index in [0.717, 1.165) is 10.3 Å². The van der Waals surface area contributed by atoms with E-state index in [4.69, 9.17) is 0 Å². The Morgan fingerprint density at radius 1 is 1.40 bits per heavy atom. The molecule has 1 atom stereocenters. The predicted molar refractivity (Wildman–Crippen MR) is 80.3 cm³/mol. The van der Waals surface area contributed by atoms with Gasteiger partial charge in [-0.15, -0.1) is 0 Å². The molecule has 1 amide bonds. The second kappa shape index (κ2) is 6.17. The normalized spacial score (nSPS) is 12.4. The maximum atomic E-state index is 12.3. The van der Waals surface area contributed by atoms with Crippen molar-refractivity contribution in [1.82, 2.24) is 20.5 Å². The van der Waals surface area contributed by atoms with Crippen LogP contribution >= 0.6 is 15.9 Å². The number of aromatic amines is 1. The average Bonchev–Trinajstić information content (AvgIpc) is 2.81. The van der Waals surface area contributed by atoms with Crippen LogP contribution in [0.4, 0.5) is 0 Å². The fourth-order valence-corrected chi connectivity index (χ4v) is 2.28. The van der Waals surface area contributed by atoms with Gasteiger partial charge in [0, 0.05) is 10.0 Å². The summed E-state index contributed by atoms with van der Waals surface area (Å²) in [6.45, 7) is 5.89. The summed E-state index contributed by atoms with van der Waals surface area (Å²) in [6, 6.07) is 7.07. The number of halogens is 1. The highest BCUT2D eigenvalue weighted by Crippen LogP contribution is 2.19. The van der Waals surface area contributed by atoms with Gasteiger partial charge in [0.05, 0.1) is 6.04 Å². The summed E-state index contributed by atoms with van der Waals surface area (Å²) in [5, 5.41) is 9.93. The Kier molecular flexibility index (Phi) is 4.54. The number of hydrogen-bond donors (Lipinski definition) is 2. The van der Waals surface area contributed by atoms with Gasteiger partial charge in [0.1, 0.15) is 5.82 Å². The fraction of sp³-hybridized carbons (Fsp3) is 0.357. The molecule has 1 aromatic heterocycles. The minimum atomic E-state index is -0.216. The van der Waals surface area contributed by atoms with Crippen LogP contribution in [0.5, 0.6) is 0 Å². The maximum Gasteiger partial charge on any atom is 0.251 e. The van der Waals surface area contributed by atoms with Crippen LogP contribution in [0.25, 0.3) is 0 Å². The first-order valence-electron chi connectivity index (χ1n) is 6.42. The first kappa shape index (κ1) is 14.7. The monoisotopic (exact) mass is 336 g/mol. The summed E-state index contributed by atoms with van der Waals surface area (Å²) in [5.74, 6) is 1.41. The number of rotatable bonds is 4. The van der Waals surface area contributed by atoms with E-state index < -0.39 is 0 Å². The van der Waals surface area contributed by atoms with Crippen molar-refractivity contribution >= 4 is 21.8 Å². The molecule has 0 saturated heterocycles. The number of nitrogens with zero attached hydrogens (tertiary/aromatic N) is 2. The smallest absolute Gasteiger partial charge is 0.251 e. The lowest BCUT2D eigenvalue weighted by Gasteiger charge is -2.19. The number of aromatic nitrogens is 3. The summed E-state index contributed by atoms with van der Waals surface area (Å²) < 4.78 is 0.875. The van der Waals surface area contributed by atoms with Gasteiger partial charge < -0.3 is 5.32 Å². The Balaban J connectivity index is 2.18. The van der Waals surface area contributed by atoms with E-state index in [-0.39, 0.29) is 17.9 Å². The molecule has 0 fully saturated rings. The number of nitrogens with one attached hydrogen (secondary N) is 2. The van der Waals surface area contributed by atoms with Gasteiger partial charge >= 0.3 is 0 Å². The van der Waals surface area contributed by atoms with Gasteiger partial charge in [-0.3, -0.25) is 9.89 Å². The zero-order valence-corrected chi connectivity index (χ0v) is 13.2. The number of amides is 1. The Hall–Kier alpha value is -1.69. The summed E-state index contributed by atoms with van der Waals surface area (Å²) in [6.07, 6.45) is 0. The minimum absolute atomic E-state index is 0.132. The van der Waals surface area contributed by atoms with Crippen molar-refractivity contribution in [2.45, 2.75) is 26.8 Å². The van der Waals surface area contributed by atoms with Crippen molar-refractivity contribution in [1.29, 1.82) is 0 Å². The van der Waals surface area contributed by atoms with Crippen LogP contribution < -0.4 is 5.32 Å².